The molecule has 0 radical (unpaired) electrons. The predicted molar refractivity (Wildman–Crippen MR) is 59.0 cm³/mol. The minimum Gasteiger partial charge on any atom is -0.393 e. The Kier molecular flexibility index (Phi) is 5.35. The Hall–Kier alpha value is -1.00. The summed E-state index contributed by atoms with van der Waals surface area (Å²) in [4.78, 5) is 0. The monoisotopic (exact) mass is 229 g/mol. The maximum atomic E-state index is 13.2. The number of hydrogen-bond acceptors (Lipinski definition) is 2. The zero-order chi connectivity index (χ0) is 12.0. The molecule has 0 amide bonds. The van der Waals surface area contributed by atoms with Crippen LogP contribution in [0.1, 0.15) is 25.3 Å². The van der Waals surface area contributed by atoms with Gasteiger partial charge in [-0.3, -0.25) is 0 Å². The molecule has 0 saturated carbocycles. The van der Waals surface area contributed by atoms with Crippen molar-refractivity contribution in [1.29, 1.82) is 0 Å². The Morgan fingerprint density at radius 3 is 2.81 bits per heavy atom. The summed E-state index contributed by atoms with van der Waals surface area (Å²) in [7, 11) is 0. The van der Waals surface area contributed by atoms with Crippen molar-refractivity contribution >= 4 is 0 Å². The van der Waals surface area contributed by atoms with Crippen LogP contribution < -0.4 is 5.32 Å². The van der Waals surface area contributed by atoms with Gasteiger partial charge >= 0.3 is 0 Å². The van der Waals surface area contributed by atoms with Crippen LogP contribution in [0.2, 0.25) is 0 Å². The molecule has 0 saturated heterocycles. The standard InChI is InChI=1S/C12H17F2NO/c1-2-11(16)5-6-15-8-9-7-10(13)3-4-12(9)14/h3-4,7,11,15-16H,2,5-6,8H2,1H3. The minimum atomic E-state index is -0.438. The van der Waals surface area contributed by atoms with Crippen molar-refractivity contribution in [1.82, 2.24) is 5.32 Å². The fourth-order valence-electron chi connectivity index (χ4n) is 1.37. The number of rotatable bonds is 6. The highest BCUT2D eigenvalue weighted by Gasteiger charge is 2.04. The highest BCUT2D eigenvalue weighted by Crippen LogP contribution is 2.09. The van der Waals surface area contributed by atoms with Gasteiger partial charge in [-0.2, -0.15) is 0 Å². The van der Waals surface area contributed by atoms with E-state index in [4.69, 9.17) is 0 Å². The molecule has 1 aromatic rings. The number of aliphatic hydroxyl groups is 1. The lowest BCUT2D eigenvalue weighted by Crippen LogP contribution is -2.20. The summed E-state index contributed by atoms with van der Waals surface area (Å²) in [6.45, 7) is 2.77. The Bertz CT molecular complexity index is 331. The van der Waals surface area contributed by atoms with Crippen LogP contribution >= 0.6 is 0 Å². The molecule has 16 heavy (non-hydrogen) atoms. The Labute approximate surface area is 94.3 Å². The van der Waals surface area contributed by atoms with Crippen molar-refractivity contribution in [2.75, 3.05) is 6.54 Å². The van der Waals surface area contributed by atoms with Gasteiger partial charge in [0.25, 0.3) is 0 Å². The van der Waals surface area contributed by atoms with E-state index in [0.717, 1.165) is 12.1 Å². The molecule has 0 fully saturated rings. The van der Waals surface area contributed by atoms with Gasteiger partial charge in [0.05, 0.1) is 6.10 Å². The Balaban J connectivity index is 2.34. The summed E-state index contributed by atoms with van der Waals surface area (Å²) in [6, 6.07) is 3.39. The number of nitrogens with one attached hydrogen (secondary N) is 1. The van der Waals surface area contributed by atoms with Crippen LogP contribution in [0.4, 0.5) is 8.78 Å². The summed E-state index contributed by atoms with van der Waals surface area (Å²) in [5, 5.41) is 12.2. The lowest BCUT2D eigenvalue weighted by molar-refractivity contribution is 0.159. The maximum absolute atomic E-state index is 13.2. The minimum absolute atomic E-state index is 0.278. The first-order chi connectivity index (χ1) is 7.63. The van der Waals surface area contributed by atoms with Gasteiger partial charge < -0.3 is 10.4 Å². The number of aliphatic hydroxyl groups excluding tert-OH is 1. The second-order valence-electron chi connectivity index (χ2n) is 3.76. The highest BCUT2D eigenvalue weighted by atomic mass is 19.1. The zero-order valence-corrected chi connectivity index (χ0v) is 9.34. The van der Waals surface area contributed by atoms with Gasteiger partial charge in [0.2, 0.25) is 0 Å². The van der Waals surface area contributed by atoms with E-state index in [0.29, 0.717) is 24.9 Å². The normalized spacial score (nSPS) is 12.8. The zero-order valence-electron chi connectivity index (χ0n) is 9.34. The molecule has 0 aliphatic rings. The van der Waals surface area contributed by atoms with Crippen LogP contribution in [-0.4, -0.2) is 17.8 Å². The summed E-state index contributed by atoms with van der Waals surface area (Å²) in [5.41, 5.74) is 0.311. The fraction of sp³-hybridized carbons (Fsp3) is 0.500. The molecule has 2 N–H and O–H groups in total. The van der Waals surface area contributed by atoms with E-state index in [2.05, 4.69) is 5.32 Å². The van der Waals surface area contributed by atoms with Crippen LogP contribution in [0.5, 0.6) is 0 Å². The van der Waals surface area contributed by atoms with Crippen molar-refractivity contribution in [2.24, 2.45) is 0 Å². The molecule has 0 heterocycles. The molecule has 1 rings (SSSR count). The molecular weight excluding hydrogens is 212 g/mol. The van der Waals surface area contributed by atoms with Crippen LogP contribution in [0, 0.1) is 11.6 Å². The fourth-order valence-corrected chi connectivity index (χ4v) is 1.37. The molecule has 1 unspecified atom stereocenters. The predicted octanol–water partition coefficient (Wildman–Crippen LogP) is 2.22. The molecule has 4 heteroatoms. The van der Waals surface area contributed by atoms with Gasteiger partial charge in [-0.05, 0) is 37.6 Å². The van der Waals surface area contributed by atoms with Crippen molar-refractivity contribution in [3.05, 3.63) is 35.4 Å². The third-order valence-corrected chi connectivity index (χ3v) is 2.45. The smallest absolute Gasteiger partial charge is 0.127 e. The molecule has 0 aliphatic carbocycles. The molecule has 0 aromatic heterocycles. The van der Waals surface area contributed by atoms with Crippen molar-refractivity contribution in [3.63, 3.8) is 0 Å². The van der Waals surface area contributed by atoms with Gasteiger partial charge in [0, 0.05) is 12.1 Å². The lowest BCUT2D eigenvalue weighted by Gasteiger charge is -2.09. The summed E-state index contributed by atoms with van der Waals surface area (Å²) < 4.78 is 26.0. The van der Waals surface area contributed by atoms with E-state index < -0.39 is 11.6 Å². The average Bonchev–Trinajstić information content (AvgIpc) is 2.28. The molecule has 0 spiro atoms. The quantitative estimate of drug-likeness (QED) is 0.733. The molecule has 90 valence electrons. The van der Waals surface area contributed by atoms with E-state index in [1.807, 2.05) is 6.92 Å². The topological polar surface area (TPSA) is 32.3 Å². The van der Waals surface area contributed by atoms with E-state index in [1.165, 1.54) is 6.07 Å². The van der Waals surface area contributed by atoms with Gasteiger partial charge in [0.1, 0.15) is 11.6 Å². The maximum Gasteiger partial charge on any atom is 0.127 e. The second kappa shape index (κ2) is 6.55. The summed E-state index contributed by atoms with van der Waals surface area (Å²) in [6.07, 6.45) is 0.994. The third kappa shape index (κ3) is 4.24. The molecule has 2 nitrogen and oxygen atoms in total. The SMILES string of the molecule is CCC(O)CCNCc1cc(F)ccc1F. The van der Waals surface area contributed by atoms with Crippen molar-refractivity contribution in [2.45, 2.75) is 32.4 Å². The molecular formula is C12H17F2NO. The molecule has 1 atom stereocenters. The lowest BCUT2D eigenvalue weighted by atomic mass is 10.2. The van der Waals surface area contributed by atoms with Crippen LogP contribution in [0.3, 0.4) is 0 Å². The van der Waals surface area contributed by atoms with Crippen LogP contribution in [-0.2, 0) is 6.54 Å². The molecule has 0 aliphatic heterocycles. The van der Waals surface area contributed by atoms with Gasteiger partial charge in [0.15, 0.2) is 0 Å². The Morgan fingerprint density at radius 2 is 2.12 bits per heavy atom. The van der Waals surface area contributed by atoms with Crippen molar-refractivity contribution < 1.29 is 13.9 Å². The molecule has 0 bridgehead atoms. The van der Waals surface area contributed by atoms with Gasteiger partial charge in [-0.25, -0.2) is 8.78 Å². The first-order valence-corrected chi connectivity index (χ1v) is 5.46. The number of hydrogen-bond donors (Lipinski definition) is 2. The van der Waals surface area contributed by atoms with E-state index in [1.54, 1.807) is 0 Å². The van der Waals surface area contributed by atoms with E-state index in [9.17, 15) is 13.9 Å². The molecule has 1 aromatic carbocycles. The van der Waals surface area contributed by atoms with Gasteiger partial charge in [-0.15, -0.1) is 0 Å². The number of benzene rings is 1. The first-order valence-electron chi connectivity index (χ1n) is 5.46. The van der Waals surface area contributed by atoms with Crippen LogP contribution in [0.15, 0.2) is 18.2 Å². The Morgan fingerprint density at radius 1 is 1.38 bits per heavy atom. The first kappa shape index (κ1) is 13.1. The van der Waals surface area contributed by atoms with Crippen LogP contribution in [0.25, 0.3) is 0 Å². The van der Waals surface area contributed by atoms with E-state index in [-0.39, 0.29) is 12.6 Å². The highest BCUT2D eigenvalue weighted by molar-refractivity contribution is 5.18. The van der Waals surface area contributed by atoms with Crippen molar-refractivity contribution in [3.8, 4) is 0 Å². The largest absolute Gasteiger partial charge is 0.393 e. The second-order valence-corrected chi connectivity index (χ2v) is 3.76. The average molecular weight is 229 g/mol. The summed E-state index contributed by atoms with van der Waals surface area (Å²) in [5.74, 6) is -0.850. The summed E-state index contributed by atoms with van der Waals surface area (Å²) >= 11 is 0. The van der Waals surface area contributed by atoms with Gasteiger partial charge in [-0.1, -0.05) is 6.92 Å². The third-order valence-electron chi connectivity index (χ3n) is 2.45. The number of halogens is 2. The van der Waals surface area contributed by atoms with E-state index >= 15 is 0 Å².